The van der Waals surface area contributed by atoms with E-state index in [9.17, 15) is 13.6 Å². The molecule has 1 unspecified atom stereocenters. The van der Waals surface area contributed by atoms with E-state index in [1.165, 1.54) is 6.07 Å². The summed E-state index contributed by atoms with van der Waals surface area (Å²) < 4.78 is 25.8. The van der Waals surface area contributed by atoms with Gasteiger partial charge in [0, 0.05) is 20.1 Å². The first-order valence-electron chi connectivity index (χ1n) is 6.47. The van der Waals surface area contributed by atoms with E-state index >= 15 is 0 Å². The maximum Gasteiger partial charge on any atom is 0.226 e. The van der Waals surface area contributed by atoms with Crippen LogP contribution < -0.4 is 5.32 Å². The first-order chi connectivity index (χ1) is 9.08. The lowest BCUT2D eigenvalue weighted by atomic mass is 10.1. The molecule has 0 radical (unpaired) electrons. The Balaban J connectivity index is 1.87. The number of nitrogens with one attached hydrogen (secondary N) is 1. The van der Waals surface area contributed by atoms with Crippen LogP contribution in [-0.2, 0) is 11.2 Å². The molecule has 1 aliphatic rings. The molecule has 2 rings (SSSR count). The van der Waals surface area contributed by atoms with Crippen LogP contribution in [0.5, 0.6) is 0 Å². The van der Waals surface area contributed by atoms with Crippen LogP contribution in [0.3, 0.4) is 0 Å². The van der Waals surface area contributed by atoms with Gasteiger partial charge in [0.1, 0.15) is 0 Å². The summed E-state index contributed by atoms with van der Waals surface area (Å²) >= 11 is 0. The van der Waals surface area contributed by atoms with E-state index in [4.69, 9.17) is 0 Å². The van der Waals surface area contributed by atoms with E-state index < -0.39 is 11.6 Å². The lowest BCUT2D eigenvalue weighted by molar-refractivity contribution is -0.133. The molecule has 0 saturated carbocycles. The fourth-order valence-corrected chi connectivity index (χ4v) is 2.28. The number of hydrogen-bond acceptors (Lipinski definition) is 2. The van der Waals surface area contributed by atoms with Gasteiger partial charge in [0.05, 0.1) is 5.92 Å². The molecule has 1 heterocycles. The Morgan fingerprint density at radius 1 is 1.42 bits per heavy atom. The lowest BCUT2D eigenvalue weighted by Crippen LogP contribution is -2.35. The molecule has 1 amide bonds. The third-order valence-corrected chi connectivity index (χ3v) is 3.51. The van der Waals surface area contributed by atoms with Gasteiger partial charge in [0.2, 0.25) is 5.91 Å². The smallest absolute Gasteiger partial charge is 0.226 e. The zero-order chi connectivity index (χ0) is 13.8. The number of likely N-dealkylation sites (N-methyl/N-ethyl adjacent to an activating group) is 1. The average Bonchev–Trinajstić information content (AvgIpc) is 2.93. The average molecular weight is 268 g/mol. The van der Waals surface area contributed by atoms with Crippen molar-refractivity contribution in [2.24, 2.45) is 5.92 Å². The minimum Gasteiger partial charge on any atom is -0.345 e. The highest BCUT2D eigenvalue weighted by atomic mass is 19.2. The van der Waals surface area contributed by atoms with Crippen molar-refractivity contribution in [1.82, 2.24) is 10.2 Å². The van der Waals surface area contributed by atoms with E-state index in [1.54, 1.807) is 18.0 Å². The topological polar surface area (TPSA) is 32.3 Å². The fourth-order valence-electron chi connectivity index (χ4n) is 2.28. The summed E-state index contributed by atoms with van der Waals surface area (Å²) in [7, 11) is 1.75. The molecule has 0 spiro atoms. The van der Waals surface area contributed by atoms with Crippen molar-refractivity contribution in [2.45, 2.75) is 12.8 Å². The Kier molecular flexibility index (Phi) is 4.47. The summed E-state index contributed by atoms with van der Waals surface area (Å²) in [6.45, 7) is 2.13. The SMILES string of the molecule is CN(CCc1ccc(F)c(F)c1)C(=O)C1CCNC1. The molecule has 1 N–H and O–H groups in total. The number of benzene rings is 1. The number of amides is 1. The number of rotatable bonds is 4. The van der Waals surface area contributed by atoms with Crippen LogP contribution in [0.2, 0.25) is 0 Å². The molecule has 3 nitrogen and oxygen atoms in total. The summed E-state index contributed by atoms with van der Waals surface area (Å²) in [4.78, 5) is 13.7. The largest absolute Gasteiger partial charge is 0.345 e. The number of nitrogens with zero attached hydrogens (tertiary/aromatic N) is 1. The molecule has 0 aliphatic carbocycles. The zero-order valence-electron chi connectivity index (χ0n) is 11.0. The van der Waals surface area contributed by atoms with Gasteiger partial charge in [-0.3, -0.25) is 4.79 Å². The highest BCUT2D eigenvalue weighted by Crippen LogP contribution is 2.13. The van der Waals surface area contributed by atoms with Crippen LogP contribution >= 0.6 is 0 Å². The molecule has 1 aromatic carbocycles. The van der Waals surface area contributed by atoms with Gasteiger partial charge in [0.25, 0.3) is 0 Å². The Bertz CT molecular complexity index is 459. The number of halogens is 2. The molecule has 0 aromatic heterocycles. The van der Waals surface area contributed by atoms with Gasteiger partial charge in [-0.1, -0.05) is 6.07 Å². The van der Waals surface area contributed by atoms with Crippen molar-refractivity contribution in [3.05, 3.63) is 35.4 Å². The van der Waals surface area contributed by atoms with E-state index in [2.05, 4.69) is 5.32 Å². The lowest BCUT2D eigenvalue weighted by Gasteiger charge is -2.20. The first-order valence-corrected chi connectivity index (χ1v) is 6.47. The molecule has 1 atom stereocenters. The van der Waals surface area contributed by atoms with Gasteiger partial charge in [-0.15, -0.1) is 0 Å². The normalized spacial score (nSPS) is 18.6. The molecule has 1 fully saturated rings. The van der Waals surface area contributed by atoms with Gasteiger partial charge < -0.3 is 10.2 Å². The Hall–Kier alpha value is -1.49. The maximum absolute atomic E-state index is 13.0. The summed E-state index contributed by atoms with van der Waals surface area (Å²) in [5, 5.41) is 3.16. The summed E-state index contributed by atoms with van der Waals surface area (Å²) in [5.74, 6) is -1.51. The van der Waals surface area contributed by atoms with Gasteiger partial charge in [-0.2, -0.15) is 0 Å². The van der Waals surface area contributed by atoms with Gasteiger partial charge in [-0.25, -0.2) is 8.78 Å². The van der Waals surface area contributed by atoms with Crippen molar-refractivity contribution in [2.75, 3.05) is 26.7 Å². The monoisotopic (exact) mass is 268 g/mol. The van der Waals surface area contributed by atoms with Crippen molar-refractivity contribution < 1.29 is 13.6 Å². The zero-order valence-corrected chi connectivity index (χ0v) is 11.0. The Labute approximate surface area is 111 Å². The van der Waals surface area contributed by atoms with Crippen LogP contribution in [0.1, 0.15) is 12.0 Å². The van der Waals surface area contributed by atoms with E-state index in [0.29, 0.717) is 18.5 Å². The van der Waals surface area contributed by atoms with E-state index in [0.717, 1.165) is 25.6 Å². The predicted octanol–water partition coefficient (Wildman–Crippen LogP) is 1.58. The first kappa shape index (κ1) is 13.9. The molecule has 1 aromatic rings. The van der Waals surface area contributed by atoms with Gasteiger partial charge >= 0.3 is 0 Å². The quantitative estimate of drug-likeness (QED) is 0.899. The fraction of sp³-hybridized carbons (Fsp3) is 0.500. The second-order valence-corrected chi connectivity index (χ2v) is 4.95. The Morgan fingerprint density at radius 3 is 2.84 bits per heavy atom. The number of carbonyl (C=O) groups is 1. The van der Waals surface area contributed by atoms with Crippen molar-refractivity contribution in [1.29, 1.82) is 0 Å². The third-order valence-electron chi connectivity index (χ3n) is 3.51. The minimum atomic E-state index is -0.842. The van der Waals surface area contributed by atoms with Crippen LogP contribution in [0.4, 0.5) is 8.78 Å². The standard InChI is InChI=1S/C14H18F2N2O/c1-18(14(19)11-4-6-17-9-11)7-5-10-2-3-12(15)13(16)8-10/h2-3,8,11,17H,4-7,9H2,1H3. The number of carbonyl (C=O) groups excluding carboxylic acids is 1. The van der Waals surface area contributed by atoms with Crippen molar-refractivity contribution in [3.63, 3.8) is 0 Å². The molecular formula is C14H18F2N2O. The summed E-state index contributed by atoms with van der Waals surface area (Å²) in [5.41, 5.74) is 0.697. The second-order valence-electron chi connectivity index (χ2n) is 4.95. The Morgan fingerprint density at radius 2 is 2.21 bits per heavy atom. The highest BCUT2D eigenvalue weighted by Gasteiger charge is 2.24. The van der Waals surface area contributed by atoms with Crippen molar-refractivity contribution in [3.8, 4) is 0 Å². The molecule has 0 bridgehead atoms. The minimum absolute atomic E-state index is 0.0509. The molecule has 104 valence electrons. The second kappa shape index (κ2) is 6.10. The summed E-state index contributed by atoms with van der Waals surface area (Å²) in [6, 6.07) is 3.85. The molecule has 1 aliphatic heterocycles. The maximum atomic E-state index is 13.0. The van der Waals surface area contributed by atoms with Crippen LogP contribution in [0.25, 0.3) is 0 Å². The van der Waals surface area contributed by atoms with E-state index in [-0.39, 0.29) is 11.8 Å². The molecule has 5 heteroatoms. The van der Waals surface area contributed by atoms with Crippen LogP contribution in [0, 0.1) is 17.6 Å². The highest BCUT2D eigenvalue weighted by molar-refractivity contribution is 5.79. The molecule has 19 heavy (non-hydrogen) atoms. The molecular weight excluding hydrogens is 250 g/mol. The van der Waals surface area contributed by atoms with Gasteiger partial charge in [0.15, 0.2) is 11.6 Å². The van der Waals surface area contributed by atoms with Crippen LogP contribution in [0.15, 0.2) is 18.2 Å². The predicted molar refractivity (Wildman–Crippen MR) is 68.7 cm³/mol. The van der Waals surface area contributed by atoms with Crippen LogP contribution in [-0.4, -0.2) is 37.5 Å². The third kappa shape index (κ3) is 3.50. The van der Waals surface area contributed by atoms with Crippen molar-refractivity contribution >= 4 is 5.91 Å². The van der Waals surface area contributed by atoms with E-state index in [1.807, 2.05) is 0 Å². The van der Waals surface area contributed by atoms with Gasteiger partial charge in [-0.05, 0) is 37.1 Å². The summed E-state index contributed by atoms with van der Waals surface area (Å²) in [6.07, 6.45) is 1.40. The molecule has 1 saturated heterocycles. The number of hydrogen-bond donors (Lipinski definition) is 1.